The molecule has 2 aromatic rings. The van der Waals surface area contributed by atoms with E-state index in [1.54, 1.807) is 17.5 Å². The Hall–Kier alpha value is -1.10. The van der Waals surface area contributed by atoms with Gasteiger partial charge in [-0.05, 0) is 24.6 Å². The third kappa shape index (κ3) is 2.52. The van der Waals surface area contributed by atoms with E-state index in [4.69, 9.17) is 17.3 Å². The van der Waals surface area contributed by atoms with Crippen molar-refractivity contribution in [2.75, 3.05) is 5.32 Å². The lowest BCUT2D eigenvalue weighted by Gasteiger charge is -2.04. The highest BCUT2D eigenvalue weighted by Gasteiger charge is 2.02. The number of rotatable bonds is 3. The lowest BCUT2D eigenvalue weighted by atomic mass is 10.2. The zero-order valence-corrected chi connectivity index (χ0v) is 10.4. The Morgan fingerprint density at radius 3 is 2.94 bits per heavy atom. The summed E-state index contributed by atoms with van der Waals surface area (Å²) in [5.41, 5.74) is 7.52. The fourth-order valence-corrected chi connectivity index (χ4v) is 2.15. The molecule has 0 saturated carbocycles. The molecule has 2 rings (SSSR count). The van der Waals surface area contributed by atoms with Gasteiger partial charge in [0.05, 0.1) is 0 Å². The number of nitrogens with two attached hydrogens (primary N) is 1. The number of aryl methyl sites for hydroxylation is 1. The van der Waals surface area contributed by atoms with E-state index in [-0.39, 0.29) is 0 Å². The molecule has 1 heterocycles. The van der Waals surface area contributed by atoms with Crippen LogP contribution in [0, 0.1) is 6.92 Å². The molecular formula is C11H12ClN3S. The minimum Gasteiger partial charge on any atom is -0.331 e. The maximum atomic E-state index is 6.04. The Balaban J connectivity index is 2.17. The Kier molecular flexibility index (Phi) is 3.43. The zero-order chi connectivity index (χ0) is 11.5. The topological polar surface area (TPSA) is 50.9 Å². The van der Waals surface area contributed by atoms with Crippen LogP contribution in [0.5, 0.6) is 0 Å². The van der Waals surface area contributed by atoms with Crippen LogP contribution in [-0.2, 0) is 6.54 Å². The first kappa shape index (κ1) is 11.4. The van der Waals surface area contributed by atoms with Gasteiger partial charge in [0.1, 0.15) is 0 Å². The minimum absolute atomic E-state index is 0.522. The summed E-state index contributed by atoms with van der Waals surface area (Å²) < 4.78 is 0. The van der Waals surface area contributed by atoms with E-state index in [0.29, 0.717) is 6.54 Å². The molecular weight excluding hydrogens is 242 g/mol. The van der Waals surface area contributed by atoms with Crippen LogP contribution in [0.25, 0.3) is 0 Å². The first-order valence-electron chi connectivity index (χ1n) is 4.87. The van der Waals surface area contributed by atoms with Crippen molar-refractivity contribution in [3.8, 4) is 0 Å². The monoisotopic (exact) mass is 253 g/mol. The Labute approximate surface area is 103 Å². The first-order chi connectivity index (χ1) is 7.69. The zero-order valence-electron chi connectivity index (χ0n) is 8.83. The quantitative estimate of drug-likeness (QED) is 0.882. The molecule has 1 aromatic heterocycles. The molecule has 0 saturated heterocycles. The van der Waals surface area contributed by atoms with Crippen LogP contribution >= 0.6 is 22.9 Å². The van der Waals surface area contributed by atoms with Crippen molar-refractivity contribution < 1.29 is 0 Å². The molecule has 0 spiro atoms. The number of hydrogen-bond acceptors (Lipinski definition) is 4. The number of thiazole rings is 1. The molecule has 0 fully saturated rings. The van der Waals surface area contributed by atoms with E-state index in [1.807, 2.05) is 25.1 Å². The highest BCUT2D eigenvalue weighted by atomic mass is 35.5. The van der Waals surface area contributed by atoms with Gasteiger partial charge in [0.25, 0.3) is 0 Å². The van der Waals surface area contributed by atoms with Crippen molar-refractivity contribution in [2.45, 2.75) is 13.5 Å². The van der Waals surface area contributed by atoms with Crippen LogP contribution in [0.2, 0.25) is 5.02 Å². The molecule has 0 amide bonds. The van der Waals surface area contributed by atoms with Gasteiger partial charge in [-0.2, -0.15) is 0 Å². The van der Waals surface area contributed by atoms with Crippen LogP contribution in [0.3, 0.4) is 0 Å². The fourth-order valence-electron chi connectivity index (χ4n) is 1.25. The molecule has 5 heteroatoms. The number of hydrogen-bond donors (Lipinski definition) is 2. The average Bonchev–Trinajstić information content (AvgIpc) is 2.71. The second-order valence-corrected chi connectivity index (χ2v) is 4.95. The van der Waals surface area contributed by atoms with Crippen molar-refractivity contribution in [2.24, 2.45) is 5.73 Å². The van der Waals surface area contributed by atoms with Crippen LogP contribution in [0.4, 0.5) is 10.8 Å². The molecule has 1 aromatic carbocycles. The summed E-state index contributed by atoms with van der Waals surface area (Å²) >= 11 is 7.58. The molecule has 0 aliphatic heterocycles. The van der Waals surface area contributed by atoms with Gasteiger partial charge >= 0.3 is 0 Å². The van der Waals surface area contributed by atoms with Gasteiger partial charge in [-0.1, -0.05) is 17.7 Å². The Morgan fingerprint density at radius 1 is 1.50 bits per heavy atom. The summed E-state index contributed by atoms with van der Waals surface area (Å²) in [7, 11) is 0. The summed E-state index contributed by atoms with van der Waals surface area (Å²) in [5, 5.41) is 4.78. The molecule has 3 N–H and O–H groups in total. The molecule has 3 nitrogen and oxygen atoms in total. The van der Waals surface area contributed by atoms with Crippen molar-refractivity contribution >= 4 is 33.8 Å². The van der Waals surface area contributed by atoms with Crippen LogP contribution < -0.4 is 11.1 Å². The molecule has 0 radical (unpaired) electrons. The third-order valence-electron chi connectivity index (χ3n) is 2.18. The molecule has 16 heavy (non-hydrogen) atoms. The van der Waals surface area contributed by atoms with Gasteiger partial charge < -0.3 is 11.1 Å². The second-order valence-electron chi connectivity index (χ2n) is 3.42. The van der Waals surface area contributed by atoms with Crippen LogP contribution in [0.1, 0.15) is 10.4 Å². The van der Waals surface area contributed by atoms with E-state index in [2.05, 4.69) is 10.3 Å². The van der Waals surface area contributed by atoms with Gasteiger partial charge in [-0.15, -0.1) is 11.3 Å². The number of benzene rings is 1. The highest BCUT2D eigenvalue weighted by molar-refractivity contribution is 7.15. The number of anilines is 2. The van der Waals surface area contributed by atoms with Gasteiger partial charge in [0.2, 0.25) is 0 Å². The van der Waals surface area contributed by atoms with Gasteiger partial charge in [0.15, 0.2) is 5.13 Å². The van der Waals surface area contributed by atoms with Crippen molar-refractivity contribution in [3.63, 3.8) is 0 Å². The van der Waals surface area contributed by atoms with Crippen LogP contribution in [0.15, 0.2) is 24.4 Å². The Morgan fingerprint density at radius 2 is 2.31 bits per heavy atom. The molecule has 0 unspecified atom stereocenters. The smallest absolute Gasteiger partial charge is 0.187 e. The maximum absolute atomic E-state index is 6.04. The fraction of sp³-hybridized carbons (Fsp3) is 0.182. The van der Waals surface area contributed by atoms with Gasteiger partial charge in [0, 0.05) is 28.3 Å². The largest absolute Gasteiger partial charge is 0.331 e. The highest BCUT2D eigenvalue weighted by Crippen LogP contribution is 2.25. The lowest BCUT2D eigenvalue weighted by Crippen LogP contribution is -1.91. The molecule has 0 atom stereocenters. The molecule has 84 valence electrons. The summed E-state index contributed by atoms with van der Waals surface area (Å²) in [6.07, 6.45) is 1.78. The molecule has 0 aliphatic rings. The lowest BCUT2D eigenvalue weighted by molar-refractivity contribution is 1.10. The standard InChI is InChI=1S/C11H12ClN3S/c1-7-2-3-8(4-10(7)12)15-11-14-6-9(5-13)16-11/h2-4,6H,5,13H2,1H3,(H,14,15). The average molecular weight is 254 g/mol. The predicted molar refractivity (Wildman–Crippen MR) is 69.5 cm³/mol. The Bertz CT molecular complexity index is 496. The minimum atomic E-state index is 0.522. The van der Waals surface area contributed by atoms with E-state index in [1.165, 1.54) is 0 Å². The number of nitrogens with one attached hydrogen (secondary N) is 1. The predicted octanol–water partition coefficient (Wildman–Crippen LogP) is 3.31. The SMILES string of the molecule is Cc1ccc(Nc2ncc(CN)s2)cc1Cl. The van der Waals surface area contributed by atoms with Crippen LogP contribution in [-0.4, -0.2) is 4.98 Å². The van der Waals surface area contributed by atoms with Crippen molar-refractivity contribution in [1.82, 2.24) is 4.98 Å². The van der Waals surface area contributed by atoms with E-state index in [9.17, 15) is 0 Å². The number of nitrogens with zero attached hydrogens (tertiary/aromatic N) is 1. The maximum Gasteiger partial charge on any atom is 0.187 e. The normalized spacial score (nSPS) is 10.4. The van der Waals surface area contributed by atoms with Gasteiger partial charge in [-0.25, -0.2) is 4.98 Å². The molecule has 0 bridgehead atoms. The first-order valence-corrected chi connectivity index (χ1v) is 6.06. The summed E-state index contributed by atoms with van der Waals surface area (Å²) in [4.78, 5) is 5.27. The second kappa shape index (κ2) is 4.82. The number of aromatic nitrogens is 1. The van der Waals surface area contributed by atoms with E-state index < -0.39 is 0 Å². The van der Waals surface area contributed by atoms with Gasteiger partial charge in [-0.3, -0.25) is 0 Å². The molecule has 0 aliphatic carbocycles. The summed E-state index contributed by atoms with van der Waals surface area (Å²) in [6, 6.07) is 5.84. The third-order valence-corrected chi connectivity index (χ3v) is 3.52. The summed E-state index contributed by atoms with van der Waals surface area (Å²) in [6.45, 7) is 2.50. The summed E-state index contributed by atoms with van der Waals surface area (Å²) in [5.74, 6) is 0. The van der Waals surface area contributed by atoms with E-state index in [0.717, 1.165) is 26.3 Å². The van der Waals surface area contributed by atoms with E-state index >= 15 is 0 Å². The number of halogens is 1. The van der Waals surface area contributed by atoms with Crippen molar-refractivity contribution in [3.05, 3.63) is 39.9 Å². The van der Waals surface area contributed by atoms with Crippen molar-refractivity contribution in [1.29, 1.82) is 0 Å².